The second-order valence-electron chi connectivity index (χ2n) is 6.58. The van der Waals surface area contributed by atoms with E-state index in [1.807, 2.05) is 10.9 Å². The molecule has 1 saturated heterocycles. The van der Waals surface area contributed by atoms with E-state index in [0.29, 0.717) is 35.1 Å². The van der Waals surface area contributed by atoms with Gasteiger partial charge < -0.3 is 20.5 Å². The number of hydrogen-bond donors (Lipinski definition) is 3. The third-order valence-electron chi connectivity index (χ3n) is 4.65. The molecule has 1 fully saturated rings. The Labute approximate surface area is 167 Å². The second-order valence-corrected chi connectivity index (χ2v) is 6.58. The van der Waals surface area contributed by atoms with Gasteiger partial charge in [-0.1, -0.05) is 0 Å². The molecule has 3 aromatic rings. The van der Waals surface area contributed by atoms with Crippen LogP contribution in [0.3, 0.4) is 0 Å². The molecular weight excluding hydrogens is 374 g/mol. The van der Waals surface area contributed by atoms with Gasteiger partial charge in [0.25, 0.3) is 0 Å². The van der Waals surface area contributed by atoms with Crippen LogP contribution >= 0.6 is 0 Å². The van der Waals surface area contributed by atoms with Crippen molar-refractivity contribution in [2.75, 3.05) is 36.4 Å². The molecule has 5 N–H and O–H groups in total. The highest BCUT2D eigenvalue weighted by atomic mass is 16.5. The number of methoxy groups -OCH3 is 1. The molecule has 4 heterocycles. The van der Waals surface area contributed by atoms with Gasteiger partial charge in [-0.05, 0) is 18.9 Å². The first kappa shape index (κ1) is 18.9. The molecule has 1 aliphatic heterocycles. The van der Waals surface area contributed by atoms with E-state index in [1.54, 1.807) is 24.5 Å². The predicted molar refractivity (Wildman–Crippen MR) is 108 cm³/mol. The van der Waals surface area contributed by atoms with Gasteiger partial charge in [0.05, 0.1) is 42.6 Å². The van der Waals surface area contributed by atoms with Gasteiger partial charge >= 0.3 is 0 Å². The molecule has 0 unspecified atom stereocenters. The number of pyridine rings is 1. The first-order valence-electron chi connectivity index (χ1n) is 9.20. The molecule has 4 rings (SSSR count). The predicted octanol–water partition coefficient (Wildman–Crippen LogP) is 1.77. The Morgan fingerprint density at radius 1 is 1.28 bits per heavy atom. The Hall–Kier alpha value is -3.44. The molecule has 0 atom stereocenters. The quantitative estimate of drug-likeness (QED) is 0.416. The van der Waals surface area contributed by atoms with Crippen molar-refractivity contribution in [1.29, 1.82) is 0 Å². The molecule has 0 aliphatic carbocycles. The highest BCUT2D eigenvalue weighted by molar-refractivity contribution is 5.71. The maximum absolute atomic E-state index is 6.23. The molecule has 0 radical (unpaired) electrons. The zero-order valence-corrected chi connectivity index (χ0v) is 16.0. The molecule has 0 aromatic carbocycles. The molecule has 0 amide bonds. The van der Waals surface area contributed by atoms with Gasteiger partial charge in [0.1, 0.15) is 0 Å². The van der Waals surface area contributed by atoms with Crippen molar-refractivity contribution in [2.45, 2.75) is 18.9 Å². The zero-order valence-electron chi connectivity index (χ0n) is 16.0. The van der Waals surface area contributed by atoms with E-state index in [2.05, 4.69) is 25.4 Å². The maximum Gasteiger partial charge on any atom is 0.229 e. The minimum atomic E-state index is 0.336. The van der Waals surface area contributed by atoms with Crippen molar-refractivity contribution >= 4 is 28.8 Å². The molecule has 1 aliphatic rings. The lowest BCUT2D eigenvalue weighted by Gasteiger charge is -2.22. The summed E-state index contributed by atoms with van der Waals surface area (Å²) in [5, 5.41) is 8.95. The van der Waals surface area contributed by atoms with Gasteiger partial charge in [0.15, 0.2) is 5.82 Å². The third kappa shape index (κ3) is 4.20. The molecule has 152 valence electrons. The van der Waals surface area contributed by atoms with Crippen LogP contribution in [0.4, 0.5) is 28.8 Å². The lowest BCUT2D eigenvalue weighted by Crippen LogP contribution is -2.27. The summed E-state index contributed by atoms with van der Waals surface area (Å²) in [6, 6.07) is 3.75. The van der Waals surface area contributed by atoms with Crippen molar-refractivity contribution in [3.63, 3.8) is 0 Å². The van der Waals surface area contributed by atoms with E-state index in [0.717, 1.165) is 31.7 Å². The SMILES string of the molecule is COc1cc(N(N)c2nc(Nc3cnn(C4CCOCC4)c3)ncc2N)ccn1. The lowest BCUT2D eigenvalue weighted by molar-refractivity contribution is 0.0662. The average Bonchev–Trinajstić information content (AvgIpc) is 3.24. The number of hydrogen-bond acceptors (Lipinski definition) is 10. The number of aromatic nitrogens is 5. The summed E-state index contributed by atoms with van der Waals surface area (Å²) in [6.07, 6.45) is 8.66. The van der Waals surface area contributed by atoms with Crippen LogP contribution in [-0.2, 0) is 4.74 Å². The van der Waals surface area contributed by atoms with Crippen molar-refractivity contribution in [1.82, 2.24) is 24.7 Å². The summed E-state index contributed by atoms with van der Waals surface area (Å²) >= 11 is 0. The Balaban J connectivity index is 1.53. The van der Waals surface area contributed by atoms with Crippen molar-refractivity contribution in [3.05, 3.63) is 36.9 Å². The van der Waals surface area contributed by atoms with Crippen LogP contribution in [0.2, 0.25) is 0 Å². The standard InChI is InChI=1S/C18H23N9O2/c1-28-16-8-14(2-5-21-16)27(20)17-15(19)10-22-18(25-17)24-12-9-23-26(11-12)13-3-6-29-7-4-13/h2,5,8-11,13H,3-4,6-7,19-20H2,1H3,(H,22,24,25). The van der Waals surface area contributed by atoms with E-state index in [9.17, 15) is 0 Å². The Morgan fingerprint density at radius 3 is 2.90 bits per heavy atom. The highest BCUT2D eigenvalue weighted by Gasteiger charge is 2.17. The number of hydrazine groups is 1. The molecule has 11 nitrogen and oxygen atoms in total. The summed E-state index contributed by atoms with van der Waals surface area (Å²) in [5.74, 6) is 7.38. The van der Waals surface area contributed by atoms with E-state index in [4.69, 9.17) is 21.1 Å². The van der Waals surface area contributed by atoms with Crippen LogP contribution in [0, 0.1) is 0 Å². The number of nitrogens with one attached hydrogen (secondary N) is 1. The number of anilines is 5. The van der Waals surface area contributed by atoms with Crippen LogP contribution in [-0.4, -0.2) is 45.1 Å². The monoisotopic (exact) mass is 397 g/mol. The minimum absolute atomic E-state index is 0.336. The highest BCUT2D eigenvalue weighted by Crippen LogP contribution is 2.28. The van der Waals surface area contributed by atoms with Crippen molar-refractivity contribution < 1.29 is 9.47 Å². The van der Waals surface area contributed by atoms with E-state index in [1.165, 1.54) is 18.3 Å². The number of nitrogens with zero attached hydrogens (tertiary/aromatic N) is 6. The Kier molecular flexibility index (Phi) is 5.40. The fourth-order valence-electron chi connectivity index (χ4n) is 3.10. The smallest absolute Gasteiger partial charge is 0.229 e. The molecule has 0 saturated carbocycles. The topological polar surface area (TPSA) is 142 Å². The van der Waals surface area contributed by atoms with Gasteiger partial charge in [-0.15, -0.1) is 0 Å². The number of rotatable bonds is 6. The largest absolute Gasteiger partial charge is 0.481 e. The van der Waals surface area contributed by atoms with Crippen LogP contribution in [0.1, 0.15) is 18.9 Å². The fourth-order valence-corrected chi connectivity index (χ4v) is 3.10. The molecule has 29 heavy (non-hydrogen) atoms. The van der Waals surface area contributed by atoms with E-state index >= 15 is 0 Å². The van der Waals surface area contributed by atoms with Crippen molar-refractivity contribution in [2.24, 2.45) is 5.84 Å². The third-order valence-corrected chi connectivity index (χ3v) is 4.65. The van der Waals surface area contributed by atoms with Crippen LogP contribution in [0.25, 0.3) is 0 Å². The fraction of sp³-hybridized carbons (Fsp3) is 0.333. The van der Waals surface area contributed by atoms with Gasteiger partial charge in [0, 0.05) is 31.7 Å². The summed E-state index contributed by atoms with van der Waals surface area (Å²) in [5.41, 5.74) is 7.79. The van der Waals surface area contributed by atoms with Gasteiger partial charge in [-0.3, -0.25) is 9.69 Å². The van der Waals surface area contributed by atoms with Gasteiger partial charge in [-0.25, -0.2) is 15.8 Å². The van der Waals surface area contributed by atoms with Gasteiger partial charge in [0.2, 0.25) is 11.8 Å². The van der Waals surface area contributed by atoms with Gasteiger partial charge in [-0.2, -0.15) is 10.1 Å². The van der Waals surface area contributed by atoms with E-state index in [-0.39, 0.29) is 0 Å². The first-order chi connectivity index (χ1) is 14.1. The average molecular weight is 397 g/mol. The molecule has 11 heteroatoms. The minimum Gasteiger partial charge on any atom is -0.481 e. The molecule has 3 aromatic heterocycles. The summed E-state index contributed by atoms with van der Waals surface area (Å²) in [4.78, 5) is 12.8. The normalized spacial score (nSPS) is 14.6. The summed E-state index contributed by atoms with van der Waals surface area (Å²) in [6.45, 7) is 1.51. The summed E-state index contributed by atoms with van der Waals surface area (Å²) in [7, 11) is 1.54. The Bertz CT molecular complexity index is 971. The molecule has 0 bridgehead atoms. The van der Waals surface area contributed by atoms with Crippen LogP contribution in [0.5, 0.6) is 5.88 Å². The number of nitrogens with two attached hydrogens (primary N) is 2. The molecular formula is C18H23N9O2. The zero-order chi connectivity index (χ0) is 20.2. The number of ether oxygens (including phenoxy) is 2. The first-order valence-corrected chi connectivity index (χ1v) is 9.20. The Morgan fingerprint density at radius 2 is 2.10 bits per heavy atom. The van der Waals surface area contributed by atoms with Crippen LogP contribution < -0.4 is 26.6 Å². The van der Waals surface area contributed by atoms with E-state index < -0.39 is 0 Å². The maximum atomic E-state index is 6.23. The van der Waals surface area contributed by atoms with Crippen molar-refractivity contribution in [3.8, 4) is 5.88 Å². The lowest BCUT2D eigenvalue weighted by atomic mass is 10.1. The molecule has 0 spiro atoms. The van der Waals surface area contributed by atoms with Crippen LogP contribution in [0.15, 0.2) is 36.9 Å². The number of nitrogen functional groups attached to an aromatic ring is 1. The summed E-state index contributed by atoms with van der Waals surface area (Å²) < 4.78 is 12.5. The second kappa shape index (κ2) is 8.29.